The highest BCUT2D eigenvalue weighted by atomic mass is 79.9. The van der Waals surface area contributed by atoms with Crippen molar-refractivity contribution >= 4 is 27.4 Å². The van der Waals surface area contributed by atoms with Gasteiger partial charge in [0.25, 0.3) is 0 Å². The van der Waals surface area contributed by atoms with Crippen LogP contribution in [-0.2, 0) is 0 Å². The van der Waals surface area contributed by atoms with Gasteiger partial charge in [-0.25, -0.2) is 8.78 Å². The van der Waals surface area contributed by atoms with Crippen LogP contribution < -0.4 is 10.5 Å². The molecule has 104 valence electrons. The molecule has 0 aromatic heterocycles. The van der Waals surface area contributed by atoms with Gasteiger partial charge in [0.15, 0.2) is 5.82 Å². The second-order valence-corrected chi connectivity index (χ2v) is 4.92. The zero-order valence-electron chi connectivity index (χ0n) is 10.4. The van der Waals surface area contributed by atoms with Gasteiger partial charge in [-0.3, -0.25) is 4.79 Å². The number of ether oxygens (including phenoxy) is 1. The summed E-state index contributed by atoms with van der Waals surface area (Å²) < 4.78 is 33.3. The first-order valence-corrected chi connectivity index (χ1v) is 6.36. The van der Waals surface area contributed by atoms with E-state index in [9.17, 15) is 13.6 Å². The van der Waals surface area contributed by atoms with Crippen LogP contribution in [0.4, 0.5) is 14.5 Å². The predicted molar refractivity (Wildman–Crippen MR) is 74.9 cm³/mol. The second-order valence-electron chi connectivity index (χ2n) is 4.00. The molecule has 0 amide bonds. The van der Waals surface area contributed by atoms with E-state index in [1.807, 2.05) is 0 Å². The number of hydrogen-bond donors (Lipinski definition) is 1. The van der Waals surface area contributed by atoms with Crippen LogP contribution >= 0.6 is 15.9 Å². The Morgan fingerprint density at radius 3 is 2.60 bits per heavy atom. The van der Waals surface area contributed by atoms with Crippen molar-refractivity contribution in [1.29, 1.82) is 0 Å². The van der Waals surface area contributed by atoms with Gasteiger partial charge in [-0.2, -0.15) is 0 Å². The maximum Gasteiger partial charge on any atom is 0.202 e. The zero-order chi connectivity index (χ0) is 14.9. The van der Waals surface area contributed by atoms with Crippen LogP contribution in [0.1, 0.15) is 15.9 Å². The van der Waals surface area contributed by atoms with Crippen LogP contribution in [0.5, 0.6) is 5.75 Å². The van der Waals surface area contributed by atoms with E-state index in [4.69, 9.17) is 10.5 Å². The molecule has 0 radical (unpaired) electrons. The summed E-state index contributed by atoms with van der Waals surface area (Å²) in [6, 6.07) is 6.64. The minimum Gasteiger partial charge on any atom is -0.496 e. The Morgan fingerprint density at radius 2 is 1.95 bits per heavy atom. The van der Waals surface area contributed by atoms with Crippen LogP contribution in [-0.4, -0.2) is 12.9 Å². The third-order valence-corrected chi connectivity index (χ3v) is 3.25. The van der Waals surface area contributed by atoms with Gasteiger partial charge >= 0.3 is 0 Å². The lowest BCUT2D eigenvalue weighted by Gasteiger charge is -2.10. The molecular weight excluding hydrogens is 332 g/mol. The molecule has 2 aromatic rings. The van der Waals surface area contributed by atoms with E-state index < -0.39 is 23.0 Å². The number of carbonyl (C=O) groups is 1. The summed E-state index contributed by atoms with van der Waals surface area (Å²) in [5.74, 6) is -2.65. The standard InChI is InChI=1S/C14H10BrF2NO2/c1-20-11-5-2-7(15)6-8(11)14(19)12-9(16)3-4-10(18)13(12)17/h2-6H,18H2,1H3. The molecule has 0 heterocycles. The van der Waals surface area contributed by atoms with Crippen molar-refractivity contribution in [3.63, 3.8) is 0 Å². The Labute approximate surface area is 122 Å². The number of hydrogen-bond acceptors (Lipinski definition) is 3. The molecule has 20 heavy (non-hydrogen) atoms. The third kappa shape index (κ3) is 2.51. The number of nitrogens with two attached hydrogens (primary N) is 1. The fourth-order valence-corrected chi connectivity index (χ4v) is 2.13. The number of ketones is 1. The number of benzene rings is 2. The van der Waals surface area contributed by atoms with Gasteiger partial charge in [-0.15, -0.1) is 0 Å². The van der Waals surface area contributed by atoms with Crippen LogP contribution in [0.3, 0.4) is 0 Å². The van der Waals surface area contributed by atoms with Gasteiger partial charge in [0.1, 0.15) is 11.6 Å². The lowest BCUT2D eigenvalue weighted by molar-refractivity contribution is 0.102. The molecule has 0 aliphatic rings. The van der Waals surface area contributed by atoms with Gasteiger partial charge in [0, 0.05) is 4.47 Å². The Balaban J connectivity index is 2.63. The van der Waals surface area contributed by atoms with Crippen molar-refractivity contribution < 1.29 is 18.3 Å². The quantitative estimate of drug-likeness (QED) is 0.686. The normalized spacial score (nSPS) is 10.4. The predicted octanol–water partition coefficient (Wildman–Crippen LogP) is 3.55. The SMILES string of the molecule is COc1ccc(Br)cc1C(=O)c1c(F)ccc(N)c1F. The molecule has 0 unspecified atom stereocenters. The fourth-order valence-electron chi connectivity index (χ4n) is 1.77. The van der Waals surface area contributed by atoms with E-state index in [2.05, 4.69) is 15.9 Å². The van der Waals surface area contributed by atoms with E-state index in [0.717, 1.165) is 12.1 Å². The van der Waals surface area contributed by atoms with Crippen molar-refractivity contribution in [2.45, 2.75) is 0 Å². The molecule has 0 fully saturated rings. The zero-order valence-corrected chi connectivity index (χ0v) is 12.0. The summed E-state index contributed by atoms with van der Waals surface area (Å²) >= 11 is 3.20. The number of anilines is 1. The Bertz CT molecular complexity index is 689. The Morgan fingerprint density at radius 1 is 1.25 bits per heavy atom. The lowest BCUT2D eigenvalue weighted by Crippen LogP contribution is -2.11. The molecule has 3 nitrogen and oxygen atoms in total. The molecule has 2 rings (SSSR count). The molecule has 0 saturated heterocycles. The monoisotopic (exact) mass is 341 g/mol. The molecule has 0 atom stereocenters. The first-order chi connectivity index (χ1) is 9.45. The second kappa shape index (κ2) is 5.58. The molecule has 0 bridgehead atoms. The number of rotatable bonds is 3. The molecule has 0 aliphatic carbocycles. The Kier molecular flexibility index (Phi) is 4.04. The van der Waals surface area contributed by atoms with E-state index >= 15 is 0 Å². The summed E-state index contributed by atoms with van der Waals surface area (Å²) in [7, 11) is 1.37. The summed E-state index contributed by atoms with van der Waals surface area (Å²) in [4.78, 5) is 12.3. The molecule has 6 heteroatoms. The maximum absolute atomic E-state index is 13.9. The average Bonchev–Trinajstić information content (AvgIpc) is 2.43. The topological polar surface area (TPSA) is 52.3 Å². The largest absolute Gasteiger partial charge is 0.496 e. The van der Waals surface area contributed by atoms with E-state index in [1.165, 1.54) is 19.2 Å². The summed E-state index contributed by atoms with van der Waals surface area (Å²) in [5.41, 5.74) is 4.44. The summed E-state index contributed by atoms with van der Waals surface area (Å²) in [5, 5.41) is 0. The lowest BCUT2D eigenvalue weighted by atomic mass is 10.0. The average molecular weight is 342 g/mol. The van der Waals surface area contributed by atoms with E-state index in [1.54, 1.807) is 6.07 Å². The van der Waals surface area contributed by atoms with Gasteiger partial charge < -0.3 is 10.5 Å². The van der Waals surface area contributed by atoms with Crippen molar-refractivity contribution in [1.82, 2.24) is 0 Å². The molecule has 2 N–H and O–H groups in total. The molecule has 0 spiro atoms. The van der Waals surface area contributed by atoms with Crippen LogP contribution in [0.2, 0.25) is 0 Å². The first kappa shape index (κ1) is 14.5. The van der Waals surface area contributed by atoms with Crippen LogP contribution in [0.25, 0.3) is 0 Å². The Hall–Kier alpha value is -1.95. The van der Waals surface area contributed by atoms with Crippen molar-refractivity contribution in [2.75, 3.05) is 12.8 Å². The van der Waals surface area contributed by atoms with Gasteiger partial charge in [0.05, 0.1) is 23.9 Å². The summed E-state index contributed by atoms with van der Waals surface area (Å²) in [6.45, 7) is 0. The molecular formula is C14H10BrF2NO2. The molecule has 0 aliphatic heterocycles. The third-order valence-electron chi connectivity index (χ3n) is 2.75. The van der Waals surface area contributed by atoms with Crippen molar-refractivity contribution in [3.8, 4) is 5.75 Å². The highest BCUT2D eigenvalue weighted by molar-refractivity contribution is 9.10. The van der Waals surface area contributed by atoms with Crippen LogP contribution in [0.15, 0.2) is 34.8 Å². The smallest absolute Gasteiger partial charge is 0.202 e. The minimum atomic E-state index is -1.07. The van der Waals surface area contributed by atoms with Gasteiger partial charge in [0.2, 0.25) is 5.78 Å². The highest BCUT2D eigenvalue weighted by Crippen LogP contribution is 2.28. The molecule has 0 saturated carbocycles. The van der Waals surface area contributed by atoms with Crippen molar-refractivity contribution in [2.24, 2.45) is 0 Å². The number of methoxy groups -OCH3 is 1. The van der Waals surface area contributed by atoms with Gasteiger partial charge in [-0.1, -0.05) is 15.9 Å². The maximum atomic E-state index is 13.9. The highest BCUT2D eigenvalue weighted by Gasteiger charge is 2.23. The number of carbonyl (C=O) groups excluding carboxylic acids is 1. The molecule has 2 aromatic carbocycles. The van der Waals surface area contributed by atoms with E-state index in [0.29, 0.717) is 4.47 Å². The number of halogens is 3. The number of nitrogen functional groups attached to an aromatic ring is 1. The van der Waals surface area contributed by atoms with Crippen molar-refractivity contribution in [3.05, 3.63) is 57.6 Å². The minimum absolute atomic E-state index is 0.0466. The van der Waals surface area contributed by atoms with Gasteiger partial charge in [-0.05, 0) is 30.3 Å². The van der Waals surface area contributed by atoms with E-state index in [-0.39, 0.29) is 17.0 Å². The summed E-state index contributed by atoms with van der Waals surface area (Å²) in [6.07, 6.45) is 0. The van der Waals surface area contributed by atoms with Crippen LogP contribution in [0, 0.1) is 11.6 Å². The first-order valence-electron chi connectivity index (χ1n) is 5.57. The fraction of sp³-hybridized carbons (Fsp3) is 0.0714.